The summed E-state index contributed by atoms with van der Waals surface area (Å²) in [6, 6.07) is 10.7. The first kappa shape index (κ1) is 17.0. The fourth-order valence-electron chi connectivity index (χ4n) is 4.75. The largest absolute Gasteiger partial charge is 0.356 e. The zero-order chi connectivity index (χ0) is 17.1. The minimum Gasteiger partial charge on any atom is -0.356 e. The molecule has 1 amide bonds. The number of nitrogens with one attached hydrogen (secondary N) is 2. The van der Waals surface area contributed by atoms with Crippen LogP contribution in [0.25, 0.3) is 0 Å². The second-order valence-corrected chi connectivity index (χ2v) is 8.32. The number of amides is 1. The fourth-order valence-corrected chi connectivity index (χ4v) is 4.75. The van der Waals surface area contributed by atoms with Crippen LogP contribution in [0.4, 0.5) is 0 Å². The van der Waals surface area contributed by atoms with E-state index in [9.17, 15) is 4.79 Å². The third-order valence-corrected chi connectivity index (χ3v) is 6.63. The van der Waals surface area contributed by atoms with Gasteiger partial charge in [-0.25, -0.2) is 0 Å². The highest BCUT2D eigenvalue weighted by atomic mass is 16.2. The Morgan fingerprint density at radius 1 is 1.16 bits per heavy atom. The Kier molecular flexibility index (Phi) is 5.09. The summed E-state index contributed by atoms with van der Waals surface area (Å²) in [5, 5.41) is 6.68. The van der Waals surface area contributed by atoms with Crippen molar-refractivity contribution < 1.29 is 4.79 Å². The van der Waals surface area contributed by atoms with E-state index in [-0.39, 0.29) is 0 Å². The van der Waals surface area contributed by atoms with Gasteiger partial charge in [-0.15, -0.1) is 0 Å². The first-order valence-corrected chi connectivity index (χ1v) is 10.00. The van der Waals surface area contributed by atoms with Gasteiger partial charge in [-0.2, -0.15) is 0 Å². The van der Waals surface area contributed by atoms with E-state index in [1.54, 1.807) is 0 Å². The molecule has 1 unspecified atom stereocenters. The van der Waals surface area contributed by atoms with E-state index in [4.69, 9.17) is 0 Å². The molecule has 4 heteroatoms. The number of hydrogen-bond donors (Lipinski definition) is 2. The number of hydrogen-bond acceptors (Lipinski definition) is 3. The molecule has 0 aromatic heterocycles. The summed E-state index contributed by atoms with van der Waals surface area (Å²) in [4.78, 5) is 15.0. The van der Waals surface area contributed by atoms with Crippen LogP contribution in [0.3, 0.4) is 0 Å². The molecule has 4 rings (SSSR count). The zero-order valence-electron chi connectivity index (χ0n) is 15.2. The third kappa shape index (κ3) is 4.06. The number of benzene rings is 1. The molecule has 0 bridgehead atoms. The van der Waals surface area contributed by atoms with E-state index in [0.29, 0.717) is 23.2 Å². The quantitative estimate of drug-likeness (QED) is 0.864. The predicted molar refractivity (Wildman–Crippen MR) is 100 cm³/mol. The van der Waals surface area contributed by atoms with Gasteiger partial charge in [0.15, 0.2) is 0 Å². The van der Waals surface area contributed by atoms with Crippen LogP contribution in [-0.2, 0) is 11.3 Å². The van der Waals surface area contributed by atoms with Crippen LogP contribution in [0.5, 0.6) is 0 Å². The van der Waals surface area contributed by atoms with Crippen molar-refractivity contribution in [1.82, 2.24) is 15.5 Å². The molecule has 1 atom stereocenters. The summed E-state index contributed by atoms with van der Waals surface area (Å²) in [7, 11) is 0. The molecular formula is C21H31N3O. The summed E-state index contributed by atoms with van der Waals surface area (Å²) < 4.78 is 0. The van der Waals surface area contributed by atoms with Crippen molar-refractivity contribution in [3.8, 4) is 0 Å². The van der Waals surface area contributed by atoms with Crippen molar-refractivity contribution in [2.45, 2.75) is 38.6 Å². The first-order valence-electron chi connectivity index (χ1n) is 10.00. The van der Waals surface area contributed by atoms with Gasteiger partial charge >= 0.3 is 0 Å². The van der Waals surface area contributed by atoms with Gasteiger partial charge in [0.25, 0.3) is 0 Å². The Morgan fingerprint density at radius 3 is 2.60 bits per heavy atom. The standard InChI is InChI=1S/C21H31N3O/c25-20(19-14-21(19)8-10-22-11-9-21)23-15-17-6-12-24(13-7-17)16-18-4-2-1-3-5-18/h1-5,17,19,22H,6-16H2,(H,23,25). The lowest BCUT2D eigenvalue weighted by Crippen LogP contribution is -2.39. The molecule has 25 heavy (non-hydrogen) atoms. The van der Waals surface area contributed by atoms with E-state index in [2.05, 4.69) is 45.9 Å². The van der Waals surface area contributed by atoms with Gasteiger partial charge < -0.3 is 10.6 Å². The smallest absolute Gasteiger partial charge is 0.223 e. The van der Waals surface area contributed by atoms with Gasteiger partial charge in [0.05, 0.1) is 0 Å². The summed E-state index contributed by atoms with van der Waals surface area (Å²) in [6.45, 7) is 6.40. The van der Waals surface area contributed by atoms with E-state index >= 15 is 0 Å². The molecule has 1 spiro atoms. The van der Waals surface area contributed by atoms with Crippen molar-refractivity contribution in [3.05, 3.63) is 35.9 Å². The molecule has 1 aliphatic carbocycles. The summed E-state index contributed by atoms with van der Waals surface area (Å²) >= 11 is 0. The van der Waals surface area contributed by atoms with Crippen LogP contribution < -0.4 is 10.6 Å². The maximum atomic E-state index is 12.5. The Hall–Kier alpha value is -1.39. The Morgan fingerprint density at radius 2 is 1.88 bits per heavy atom. The molecule has 3 fully saturated rings. The second kappa shape index (κ2) is 7.46. The topological polar surface area (TPSA) is 44.4 Å². The molecule has 1 aromatic rings. The molecule has 4 nitrogen and oxygen atoms in total. The minimum absolute atomic E-state index is 0.299. The monoisotopic (exact) mass is 341 g/mol. The van der Waals surface area contributed by atoms with Crippen molar-refractivity contribution >= 4 is 5.91 Å². The van der Waals surface area contributed by atoms with E-state index in [1.165, 1.54) is 31.2 Å². The van der Waals surface area contributed by atoms with Gasteiger partial charge in [-0.3, -0.25) is 9.69 Å². The molecule has 2 aliphatic heterocycles. The van der Waals surface area contributed by atoms with Crippen molar-refractivity contribution in [2.75, 3.05) is 32.7 Å². The Labute approximate surface area is 151 Å². The normalized spacial score (nSPS) is 26.5. The Bertz CT molecular complexity index is 574. The SMILES string of the molecule is O=C(NCC1CCN(Cc2ccccc2)CC1)C1CC12CCNCC2. The van der Waals surface area contributed by atoms with Crippen LogP contribution in [-0.4, -0.2) is 43.5 Å². The molecule has 3 aliphatic rings. The maximum absolute atomic E-state index is 12.5. The molecule has 2 N–H and O–H groups in total. The lowest BCUT2D eigenvalue weighted by atomic mass is 9.91. The van der Waals surface area contributed by atoms with Crippen LogP contribution in [0.2, 0.25) is 0 Å². The fraction of sp³-hybridized carbons (Fsp3) is 0.667. The Balaban J connectivity index is 1.16. The lowest BCUT2D eigenvalue weighted by Gasteiger charge is -2.32. The molecule has 2 heterocycles. The van der Waals surface area contributed by atoms with E-state index in [1.807, 2.05) is 0 Å². The lowest BCUT2D eigenvalue weighted by molar-refractivity contribution is -0.123. The molecule has 2 saturated heterocycles. The number of nitrogens with zero attached hydrogens (tertiary/aromatic N) is 1. The average molecular weight is 341 g/mol. The summed E-state index contributed by atoms with van der Waals surface area (Å²) in [5.74, 6) is 1.28. The highest BCUT2D eigenvalue weighted by molar-refractivity contribution is 5.82. The third-order valence-electron chi connectivity index (χ3n) is 6.63. The number of likely N-dealkylation sites (tertiary alicyclic amines) is 1. The number of carbonyl (C=O) groups excluding carboxylic acids is 1. The summed E-state index contributed by atoms with van der Waals surface area (Å²) in [6.07, 6.45) is 5.89. The number of rotatable bonds is 5. The van der Waals surface area contributed by atoms with Crippen molar-refractivity contribution in [2.24, 2.45) is 17.3 Å². The van der Waals surface area contributed by atoms with Crippen LogP contribution >= 0.6 is 0 Å². The predicted octanol–water partition coefficient (Wildman–Crippen LogP) is 2.40. The van der Waals surface area contributed by atoms with Gasteiger partial charge in [0, 0.05) is 19.0 Å². The summed E-state index contributed by atoms with van der Waals surface area (Å²) in [5.41, 5.74) is 1.75. The van der Waals surface area contributed by atoms with Crippen molar-refractivity contribution in [1.29, 1.82) is 0 Å². The molecular weight excluding hydrogens is 310 g/mol. The first-order chi connectivity index (χ1) is 12.3. The van der Waals surface area contributed by atoms with Crippen LogP contribution in [0.15, 0.2) is 30.3 Å². The highest BCUT2D eigenvalue weighted by Crippen LogP contribution is 2.58. The second-order valence-electron chi connectivity index (χ2n) is 8.32. The number of piperidine rings is 2. The molecule has 1 aromatic carbocycles. The van der Waals surface area contributed by atoms with Gasteiger partial charge in [0.2, 0.25) is 5.91 Å². The highest BCUT2D eigenvalue weighted by Gasteiger charge is 2.57. The zero-order valence-corrected chi connectivity index (χ0v) is 15.2. The molecule has 0 radical (unpaired) electrons. The van der Waals surface area contributed by atoms with Crippen LogP contribution in [0, 0.1) is 17.3 Å². The van der Waals surface area contributed by atoms with Crippen molar-refractivity contribution in [3.63, 3.8) is 0 Å². The van der Waals surface area contributed by atoms with Gasteiger partial charge in [-0.05, 0) is 75.2 Å². The maximum Gasteiger partial charge on any atom is 0.223 e. The van der Waals surface area contributed by atoms with Crippen LogP contribution in [0.1, 0.15) is 37.7 Å². The van der Waals surface area contributed by atoms with Gasteiger partial charge in [0.1, 0.15) is 0 Å². The van der Waals surface area contributed by atoms with Gasteiger partial charge in [-0.1, -0.05) is 30.3 Å². The number of carbonyl (C=O) groups is 1. The van der Waals surface area contributed by atoms with E-state index < -0.39 is 0 Å². The minimum atomic E-state index is 0.299. The van der Waals surface area contributed by atoms with E-state index in [0.717, 1.165) is 45.7 Å². The molecule has 1 saturated carbocycles. The molecule has 136 valence electrons. The average Bonchev–Trinajstić information content (AvgIpc) is 3.35.